The quantitative estimate of drug-likeness (QED) is 0.656. The first-order valence-electron chi connectivity index (χ1n) is 9.27. The number of methoxy groups -OCH3 is 1. The Balaban J connectivity index is 1.72. The predicted molar refractivity (Wildman–Crippen MR) is 108 cm³/mol. The molecule has 0 aromatic heterocycles. The molecule has 0 aliphatic carbocycles. The number of carbonyl (C=O) groups is 3. The molecule has 1 unspecified atom stereocenters. The van der Waals surface area contributed by atoms with Crippen molar-refractivity contribution < 1.29 is 23.9 Å². The molecule has 29 heavy (non-hydrogen) atoms. The van der Waals surface area contributed by atoms with Crippen LogP contribution in [-0.4, -0.2) is 49.5 Å². The molecule has 2 aromatic rings. The van der Waals surface area contributed by atoms with Gasteiger partial charge in [-0.2, -0.15) is 0 Å². The van der Waals surface area contributed by atoms with Gasteiger partial charge in [0, 0.05) is 25.2 Å². The summed E-state index contributed by atoms with van der Waals surface area (Å²) in [4.78, 5) is 37.7. The minimum Gasteiger partial charge on any atom is -0.497 e. The minimum absolute atomic E-state index is 0.0198. The number of hydrogen-bond acceptors (Lipinski definition) is 5. The van der Waals surface area contributed by atoms with E-state index in [1.807, 2.05) is 30.3 Å². The van der Waals surface area contributed by atoms with Gasteiger partial charge in [-0.05, 0) is 36.8 Å². The lowest BCUT2D eigenvalue weighted by molar-refractivity contribution is -0.152. The first-order valence-corrected chi connectivity index (χ1v) is 9.27. The Morgan fingerprint density at radius 3 is 2.31 bits per heavy atom. The zero-order valence-electron chi connectivity index (χ0n) is 16.9. The van der Waals surface area contributed by atoms with Crippen LogP contribution in [-0.2, 0) is 20.9 Å². The van der Waals surface area contributed by atoms with Crippen molar-refractivity contribution in [2.24, 2.45) is 0 Å². The van der Waals surface area contributed by atoms with Crippen LogP contribution in [0, 0.1) is 0 Å². The molecule has 0 aliphatic heterocycles. The number of ether oxygens (including phenoxy) is 2. The van der Waals surface area contributed by atoms with Crippen LogP contribution >= 0.6 is 0 Å². The second-order valence-electron chi connectivity index (χ2n) is 6.70. The fourth-order valence-electron chi connectivity index (χ4n) is 2.60. The van der Waals surface area contributed by atoms with Gasteiger partial charge in [-0.25, -0.2) is 0 Å². The molecule has 0 saturated carbocycles. The minimum atomic E-state index is -0.544. The summed E-state index contributed by atoms with van der Waals surface area (Å²) in [6.45, 7) is 1.76. The van der Waals surface area contributed by atoms with Crippen molar-refractivity contribution in [2.45, 2.75) is 25.9 Å². The lowest BCUT2D eigenvalue weighted by Gasteiger charge is -2.18. The van der Waals surface area contributed by atoms with Crippen molar-refractivity contribution in [3.8, 4) is 5.75 Å². The molecular formula is C22H26N2O5. The second kappa shape index (κ2) is 10.8. The van der Waals surface area contributed by atoms with Gasteiger partial charge in [0.2, 0.25) is 0 Å². The summed E-state index contributed by atoms with van der Waals surface area (Å²) in [5.74, 6) is -0.376. The fourth-order valence-corrected chi connectivity index (χ4v) is 2.60. The fraction of sp³-hybridized carbons (Fsp3) is 0.318. The normalized spacial score (nSPS) is 11.3. The number of carbonyl (C=O) groups excluding carboxylic acids is 3. The van der Waals surface area contributed by atoms with Gasteiger partial charge in [-0.15, -0.1) is 0 Å². The zero-order valence-corrected chi connectivity index (χ0v) is 16.9. The lowest BCUT2D eigenvalue weighted by Crippen LogP contribution is -2.35. The van der Waals surface area contributed by atoms with E-state index >= 15 is 0 Å². The topological polar surface area (TPSA) is 84.9 Å². The summed E-state index contributed by atoms with van der Waals surface area (Å²) in [6.07, 6.45) is -0.0198. The largest absolute Gasteiger partial charge is 0.497 e. The third kappa shape index (κ3) is 7.29. The van der Waals surface area contributed by atoms with Gasteiger partial charge in [0.05, 0.1) is 13.5 Å². The van der Waals surface area contributed by atoms with E-state index in [0.29, 0.717) is 12.1 Å². The van der Waals surface area contributed by atoms with Crippen LogP contribution < -0.4 is 10.1 Å². The van der Waals surface area contributed by atoms with Gasteiger partial charge in [0.15, 0.2) is 6.61 Å². The molecule has 1 N–H and O–H groups in total. The molecule has 7 nitrogen and oxygen atoms in total. The van der Waals surface area contributed by atoms with Crippen molar-refractivity contribution in [1.29, 1.82) is 0 Å². The van der Waals surface area contributed by atoms with Crippen molar-refractivity contribution in [3.05, 3.63) is 65.7 Å². The van der Waals surface area contributed by atoms with Crippen LogP contribution in [0.1, 0.15) is 29.3 Å². The van der Waals surface area contributed by atoms with Crippen LogP contribution in [0.25, 0.3) is 0 Å². The van der Waals surface area contributed by atoms with E-state index in [2.05, 4.69) is 5.32 Å². The monoisotopic (exact) mass is 398 g/mol. The standard InChI is InChI=1S/C22H26N2O5/c1-16(23-22(27)18-7-5-4-6-8-18)13-21(26)29-15-20(25)24(2)14-17-9-11-19(28-3)12-10-17/h4-12,16H,13-15H2,1-3H3,(H,23,27). The van der Waals surface area contributed by atoms with Gasteiger partial charge in [-0.3, -0.25) is 14.4 Å². The summed E-state index contributed by atoms with van der Waals surface area (Å²) in [5.41, 5.74) is 1.45. The first kappa shape index (κ1) is 21.9. The maximum absolute atomic E-state index is 12.2. The molecule has 0 aliphatic rings. The number of hydrogen-bond donors (Lipinski definition) is 1. The average molecular weight is 398 g/mol. The molecule has 0 fully saturated rings. The van der Waals surface area contributed by atoms with Crippen molar-refractivity contribution in [1.82, 2.24) is 10.2 Å². The Hall–Kier alpha value is -3.35. The third-order valence-electron chi connectivity index (χ3n) is 4.25. The number of nitrogens with zero attached hydrogens (tertiary/aromatic N) is 1. The molecule has 2 amide bonds. The Labute approximate surface area is 170 Å². The zero-order chi connectivity index (χ0) is 21.2. The van der Waals surface area contributed by atoms with Gasteiger partial charge >= 0.3 is 5.97 Å². The van der Waals surface area contributed by atoms with Gasteiger partial charge in [-0.1, -0.05) is 30.3 Å². The van der Waals surface area contributed by atoms with Gasteiger partial charge in [0.1, 0.15) is 5.75 Å². The maximum atomic E-state index is 12.2. The highest BCUT2D eigenvalue weighted by Crippen LogP contribution is 2.12. The summed E-state index contributed by atoms with van der Waals surface area (Å²) < 4.78 is 10.2. The molecular weight excluding hydrogens is 372 g/mol. The van der Waals surface area contributed by atoms with Crippen molar-refractivity contribution >= 4 is 17.8 Å². The van der Waals surface area contributed by atoms with E-state index in [4.69, 9.17) is 9.47 Å². The van der Waals surface area contributed by atoms with Crippen LogP contribution in [0.3, 0.4) is 0 Å². The Morgan fingerprint density at radius 2 is 1.69 bits per heavy atom. The maximum Gasteiger partial charge on any atom is 0.308 e. The van der Waals surface area contributed by atoms with E-state index < -0.39 is 12.0 Å². The summed E-state index contributed by atoms with van der Waals surface area (Å²) >= 11 is 0. The molecule has 0 saturated heterocycles. The van der Waals surface area contributed by atoms with E-state index in [1.165, 1.54) is 4.90 Å². The number of esters is 1. The smallest absolute Gasteiger partial charge is 0.308 e. The number of benzene rings is 2. The first-order chi connectivity index (χ1) is 13.9. The highest BCUT2D eigenvalue weighted by Gasteiger charge is 2.16. The van der Waals surface area contributed by atoms with Crippen LogP contribution in [0.4, 0.5) is 0 Å². The van der Waals surface area contributed by atoms with Gasteiger partial charge < -0.3 is 19.7 Å². The lowest BCUT2D eigenvalue weighted by atomic mass is 10.2. The second-order valence-corrected chi connectivity index (χ2v) is 6.70. The predicted octanol–water partition coefficient (Wildman–Crippen LogP) is 2.41. The van der Waals surface area contributed by atoms with E-state index in [-0.39, 0.29) is 24.8 Å². The Kier molecular flexibility index (Phi) is 8.21. The summed E-state index contributed by atoms with van der Waals surface area (Å²) in [6, 6.07) is 15.7. The number of rotatable bonds is 9. The number of likely N-dealkylation sites (N-methyl/N-ethyl adjacent to an activating group) is 1. The molecule has 0 bridgehead atoms. The SMILES string of the molecule is COc1ccc(CN(C)C(=O)COC(=O)CC(C)NC(=O)c2ccccc2)cc1. The van der Waals surface area contributed by atoms with Crippen molar-refractivity contribution in [3.63, 3.8) is 0 Å². The summed E-state index contributed by atoms with van der Waals surface area (Å²) in [5, 5.41) is 2.73. The van der Waals surface area contributed by atoms with Crippen LogP contribution in [0.5, 0.6) is 5.75 Å². The van der Waals surface area contributed by atoms with Gasteiger partial charge in [0.25, 0.3) is 11.8 Å². The molecule has 1 atom stereocenters. The molecule has 0 heterocycles. The number of amides is 2. The number of nitrogens with one attached hydrogen (secondary N) is 1. The summed E-state index contributed by atoms with van der Waals surface area (Å²) in [7, 11) is 3.23. The molecule has 154 valence electrons. The highest BCUT2D eigenvalue weighted by molar-refractivity contribution is 5.94. The average Bonchev–Trinajstić information content (AvgIpc) is 2.73. The van der Waals surface area contributed by atoms with E-state index in [1.54, 1.807) is 45.3 Å². The van der Waals surface area contributed by atoms with Crippen molar-refractivity contribution in [2.75, 3.05) is 20.8 Å². The molecule has 2 aromatic carbocycles. The molecule has 0 radical (unpaired) electrons. The van der Waals surface area contributed by atoms with Crippen LogP contribution in [0.15, 0.2) is 54.6 Å². The Morgan fingerprint density at radius 1 is 1.03 bits per heavy atom. The van der Waals surface area contributed by atoms with E-state index in [9.17, 15) is 14.4 Å². The third-order valence-corrected chi connectivity index (χ3v) is 4.25. The molecule has 0 spiro atoms. The highest BCUT2D eigenvalue weighted by atomic mass is 16.5. The van der Waals surface area contributed by atoms with Crippen LogP contribution in [0.2, 0.25) is 0 Å². The molecule has 2 rings (SSSR count). The van der Waals surface area contributed by atoms with E-state index in [0.717, 1.165) is 11.3 Å². The molecule has 7 heteroatoms. The Bertz CT molecular complexity index is 821.